The number of imide groups is 1. The molecule has 0 saturated carbocycles. The van der Waals surface area contributed by atoms with Gasteiger partial charge in [0.25, 0.3) is 0 Å². The van der Waals surface area contributed by atoms with E-state index in [1.807, 2.05) is 0 Å². The smallest absolute Gasteiger partial charge is 0.435 e. The van der Waals surface area contributed by atoms with Crippen LogP contribution in [0, 0.1) is 11.7 Å². The van der Waals surface area contributed by atoms with Crippen LogP contribution in [0.4, 0.5) is 9.18 Å². The number of rotatable bonds is 4. The lowest BCUT2D eigenvalue weighted by atomic mass is 9.97. The summed E-state index contributed by atoms with van der Waals surface area (Å²) in [6.45, 7) is 3.50. The summed E-state index contributed by atoms with van der Waals surface area (Å²) < 4.78 is 12.6. The number of nitrogens with zero attached hydrogens (tertiary/aromatic N) is 1. The fourth-order valence-corrected chi connectivity index (χ4v) is 3.79. The van der Waals surface area contributed by atoms with Crippen LogP contribution in [0.3, 0.4) is 0 Å². The summed E-state index contributed by atoms with van der Waals surface area (Å²) in [5, 5.41) is 9.63. The first-order valence-corrected chi connectivity index (χ1v) is 8.73. The number of hydrogen-bond donors (Lipinski definition) is 1. The van der Waals surface area contributed by atoms with Gasteiger partial charge in [0.2, 0.25) is 0 Å². The van der Waals surface area contributed by atoms with Gasteiger partial charge in [0, 0.05) is 18.4 Å². The number of alkyl halides is 1. The molecule has 1 aromatic carbocycles. The lowest BCUT2D eigenvalue weighted by Gasteiger charge is -2.32. The summed E-state index contributed by atoms with van der Waals surface area (Å²) in [7, 11) is 0. The first-order chi connectivity index (χ1) is 11.2. The molecule has 1 heterocycles. The summed E-state index contributed by atoms with van der Waals surface area (Å²) in [4.78, 5) is 36.3. The van der Waals surface area contributed by atoms with Gasteiger partial charge < -0.3 is 5.11 Å². The Morgan fingerprint density at radius 1 is 1.38 bits per heavy atom. The molecule has 4 atom stereocenters. The predicted octanol–water partition coefficient (Wildman–Crippen LogP) is 3.61. The molecule has 1 N–H and O–H groups in total. The van der Waals surface area contributed by atoms with Gasteiger partial charge in [0.15, 0.2) is 5.78 Å². The molecule has 0 bridgehead atoms. The zero-order chi connectivity index (χ0) is 18.1. The number of amides is 2. The Labute approximate surface area is 148 Å². The standard InChI is InChI=1S/C17H19BrFNO4/c1-10-5-4-8-20(10,17(23)24)16(22)11(2)14(18)15(21)12-6-3-7-13(19)9-12/h3,6-7,9-11,14H,4-5,8H2,1-2H3/p+1/t10?,11?,14-,20+/m1/s1. The number of carbonyl (C=O) groups is 3. The first kappa shape index (κ1) is 18.7. The van der Waals surface area contributed by atoms with Gasteiger partial charge in [0.05, 0.1) is 17.3 Å². The van der Waals surface area contributed by atoms with Crippen LogP contribution in [-0.4, -0.2) is 44.8 Å². The van der Waals surface area contributed by atoms with E-state index < -0.39 is 38.8 Å². The fourth-order valence-electron chi connectivity index (χ4n) is 3.30. The minimum absolute atomic E-state index is 0.146. The molecule has 2 amide bonds. The number of Topliss-reactive ketones (excluding diaryl/α,β-unsaturated/α-hetero) is 1. The number of likely N-dealkylation sites (tertiary alicyclic amines) is 1. The summed E-state index contributed by atoms with van der Waals surface area (Å²) in [6.07, 6.45) is 0.112. The van der Waals surface area contributed by atoms with Crippen LogP contribution < -0.4 is 0 Å². The highest BCUT2D eigenvalue weighted by atomic mass is 79.9. The summed E-state index contributed by atoms with van der Waals surface area (Å²) in [6, 6.07) is 4.89. The third-order valence-electron chi connectivity index (χ3n) is 4.81. The molecule has 2 rings (SSSR count). The lowest BCUT2D eigenvalue weighted by Crippen LogP contribution is -2.61. The molecule has 7 heteroatoms. The fraction of sp³-hybridized carbons (Fsp3) is 0.471. The van der Waals surface area contributed by atoms with Gasteiger partial charge in [-0.25, -0.2) is 9.18 Å². The van der Waals surface area contributed by atoms with Crippen molar-refractivity contribution in [1.82, 2.24) is 0 Å². The molecular formula is C17H20BrFNO4+. The van der Waals surface area contributed by atoms with Crippen LogP contribution in [0.15, 0.2) is 24.3 Å². The summed E-state index contributed by atoms with van der Waals surface area (Å²) in [5.41, 5.74) is 0.146. The Balaban J connectivity index is 2.26. The Morgan fingerprint density at radius 3 is 2.54 bits per heavy atom. The van der Waals surface area contributed by atoms with Crippen molar-refractivity contribution in [2.75, 3.05) is 6.54 Å². The van der Waals surface area contributed by atoms with E-state index in [4.69, 9.17) is 0 Å². The number of hydrogen-bond acceptors (Lipinski definition) is 3. The molecule has 0 aliphatic carbocycles. The monoisotopic (exact) mass is 400 g/mol. The van der Waals surface area contributed by atoms with Crippen LogP contribution in [0.1, 0.15) is 37.0 Å². The maximum Gasteiger partial charge on any atom is 0.521 e. The van der Waals surface area contributed by atoms with Crippen LogP contribution in [0.2, 0.25) is 0 Å². The molecule has 1 aliphatic heterocycles. The summed E-state index contributed by atoms with van der Waals surface area (Å²) in [5.74, 6) is -2.33. The number of benzene rings is 1. The third kappa shape index (κ3) is 3.15. The minimum Gasteiger partial charge on any atom is -0.435 e. The second-order valence-corrected chi connectivity index (χ2v) is 7.26. The van der Waals surface area contributed by atoms with Crippen LogP contribution in [0.25, 0.3) is 0 Å². The zero-order valence-electron chi connectivity index (χ0n) is 13.5. The number of quaternary nitrogens is 1. The van der Waals surface area contributed by atoms with E-state index in [1.165, 1.54) is 25.1 Å². The molecule has 5 nitrogen and oxygen atoms in total. The van der Waals surface area contributed by atoms with E-state index in [0.717, 1.165) is 6.07 Å². The number of carbonyl (C=O) groups excluding carboxylic acids is 2. The molecule has 130 valence electrons. The maximum absolute atomic E-state index is 13.3. The van der Waals surface area contributed by atoms with Gasteiger partial charge in [0.1, 0.15) is 11.9 Å². The van der Waals surface area contributed by atoms with Crippen molar-refractivity contribution in [1.29, 1.82) is 0 Å². The molecule has 1 aliphatic rings. The lowest BCUT2D eigenvalue weighted by molar-refractivity contribution is -0.794. The van der Waals surface area contributed by atoms with Crippen molar-refractivity contribution in [3.8, 4) is 0 Å². The van der Waals surface area contributed by atoms with E-state index in [0.29, 0.717) is 12.8 Å². The van der Waals surface area contributed by atoms with E-state index in [2.05, 4.69) is 15.9 Å². The SMILES string of the molecule is CC(C(=O)[N@+]1(C(=O)O)CCCC1C)[C@@H](Br)C(=O)c1cccc(F)c1. The molecule has 1 fully saturated rings. The molecule has 2 unspecified atom stereocenters. The average Bonchev–Trinajstić information content (AvgIpc) is 2.94. The van der Waals surface area contributed by atoms with E-state index in [9.17, 15) is 23.9 Å². The van der Waals surface area contributed by atoms with Gasteiger partial charge in [-0.2, -0.15) is 9.28 Å². The number of ketones is 1. The second-order valence-electron chi connectivity index (χ2n) is 6.27. The molecule has 0 spiro atoms. The summed E-state index contributed by atoms with van der Waals surface area (Å²) >= 11 is 3.22. The minimum atomic E-state index is -1.19. The normalized spacial score (nSPS) is 25.9. The third-order valence-corrected chi connectivity index (χ3v) is 6.02. The quantitative estimate of drug-likeness (QED) is 0.475. The highest BCUT2D eigenvalue weighted by molar-refractivity contribution is 9.10. The molecular weight excluding hydrogens is 381 g/mol. The van der Waals surface area contributed by atoms with Gasteiger partial charge in [-0.15, -0.1) is 0 Å². The van der Waals surface area contributed by atoms with Crippen molar-refractivity contribution >= 4 is 33.7 Å². The largest absolute Gasteiger partial charge is 0.521 e. The Hall–Kier alpha value is -1.60. The molecule has 1 aromatic rings. The average molecular weight is 401 g/mol. The molecule has 0 aromatic heterocycles. The first-order valence-electron chi connectivity index (χ1n) is 7.81. The number of carboxylic acid groups (broad SMARTS) is 1. The van der Waals surface area contributed by atoms with Crippen molar-refractivity contribution in [3.05, 3.63) is 35.6 Å². The van der Waals surface area contributed by atoms with Crippen molar-refractivity contribution in [2.45, 2.75) is 37.6 Å². The molecule has 24 heavy (non-hydrogen) atoms. The van der Waals surface area contributed by atoms with Crippen LogP contribution in [0.5, 0.6) is 0 Å². The van der Waals surface area contributed by atoms with Crippen molar-refractivity contribution in [2.24, 2.45) is 5.92 Å². The topological polar surface area (TPSA) is 71.4 Å². The Morgan fingerprint density at radius 2 is 2.04 bits per heavy atom. The molecule has 0 radical (unpaired) electrons. The van der Waals surface area contributed by atoms with Crippen LogP contribution in [-0.2, 0) is 4.79 Å². The van der Waals surface area contributed by atoms with Crippen molar-refractivity contribution < 1.29 is 28.4 Å². The van der Waals surface area contributed by atoms with Gasteiger partial charge in [-0.1, -0.05) is 28.1 Å². The second kappa shape index (κ2) is 7.11. The Kier molecular flexibility index (Phi) is 5.55. The van der Waals surface area contributed by atoms with Gasteiger partial charge in [-0.3, -0.25) is 4.79 Å². The van der Waals surface area contributed by atoms with E-state index in [1.54, 1.807) is 6.92 Å². The van der Waals surface area contributed by atoms with Gasteiger partial charge in [-0.05, 0) is 26.0 Å². The van der Waals surface area contributed by atoms with Crippen LogP contribution >= 0.6 is 15.9 Å². The van der Waals surface area contributed by atoms with E-state index >= 15 is 0 Å². The highest BCUT2D eigenvalue weighted by Crippen LogP contribution is 2.32. The Bertz CT molecular complexity index is 680. The molecule has 1 saturated heterocycles. The van der Waals surface area contributed by atoms with E-state index in [-0.39, 0.29) is 18.2 Å². The predicted molar refractivity (Wildman–Crippen MR) is 89.5 cm³/mol. The maximum atomic E-state index is 13.3. The van der Waals surface area contributed by atoms with Crippen molar-refractivity contribution in [3.63, 3.8) is 0 Å². The number of halogens is 2. The highest BCUT2D eigenvalue weighted by Gasteiger charge is 2.55. The zero-order valence-corrected chi connectivity index (χ0v) is 15.1. The van der Waals surface area contributed by atoms with Gasteiger partial charge >= 0.3 is 12.0 Å².